The van der Waals surface area contributed by atoms with Crippen molar-refractivity contribution in [1.29, 1.82) is 0 Å². The van der Waals surface area contributed by atoms with Crippen LogP contribution in [0.1, 0.15) is 12.6 Å². The Morgan fingerprint density at radius 3 is 2.70 bits per heavy atom. The molecular weight excluding hydrogens is 278 g/mol. The Kier molecular flexibility index (Phi) is 3.26. The van der Waals surface area contributed by atoms with Crippen LogP contribution in [0.5, 0.6) is 0 Å². The van der Waals surface area contributed by atoms with Gasteiger partial charge in [-0.05, 0) is 18.2 Å². The second-order valence-corrected chi connectivity index (χ2v) is 4.83. The largest absolute Gasteiger partial charge is 0.364 e. The van der Waals surface area contributed by atoms with Crippen molar-refractivity contribution in [2.75, 3.05) is 5.32 Å². The lowest BCUT2D eigenvalue weighted by Crippen LogP contribution is -2.24. The predicted octanol–water partition coefficient (Wildman–Crippen LogP) is 2.69. The van der Waals surface area contributed by atoms with Gasteiger partial charge in [-0.25, -0.2) is 4.99 Å². The minimum absolute atomic E-state index is 0. The number of aliphatic hydroxyl groups is 1. The zero-order valence-electron chi connectivity index (χ0n) is 10.4. The Bertz CT molecular complexity index is 704. The van der Waals surface area contributed by atoms with E-state index in [2.05, 4.69) is 10.3 Å². The van der Waals surface area contributed by atoms with Gasteiger partial charge < -0.3 is 10.4 Å². The molecule has 0 bridgehead atoms. The molecule has 0 fully saturated rings. The molecule has 2 aromatic carbocycles. The molecule has 0 saturated carbocycles. The minimum Gasteiger partial charge on any atom is -0.364 e. The molecule has 2 aromatic rings. The number of hydrogen-bond acceptors (Lipinski definition) is 3. The van der Waals surface area contributed by atoms with Crippen LogP contribution in [-0.4, -0.2) is 23.0 Å². The normalized spacial score (nSPS) is 17.8. The molecule has 0 radical (unpaired) electrons. The van der Waals surface area contributed by atoms with Crippen molar-refractivity contribution in [1.82, 2.24) is 0 Å². The fourth-order valence-corrected chi connectivity index (χ4v) is 2.27. The number of benzodiazepines with no additional fused rings is 1. The van der Waals surface area contributed by atoms with Crippen molar-refractivity contribution in [3.05, 3.63) is 64.7 Å². The number of fused-ring (bicyclic) bond motifs is 1. The fourth-order valence-electron chi connectivity index (χ4n) is 2.10. The second-order valence-electron chi connectivity index (χ2n) is 4.40. The smallest absolute Gasteiger partial charge is 0.276 e. The highest BCUT2D eigenvalue weighted by Crippen LogP contribution is 2.26. The Labute approximate surface area is 122 Å². The number of rotatable bonds is 1. The van der Waals surface area contributed by atoms with Gasteiger partial charge >= 0.3 is 0 Å². The molecule has 5 heteroatoms. The zero-order valence-corrected chi connectivity index (χ0v) is 11.1. The number of aliphatic hydroxyl groups excluding tert-OH is 1. The second kappa shape index (κ2) is 5.07. The number of nitrogens with one attached hydrogen (secondary N) is 1. The molecule has 1 unspecified atom stereocenters. The van der Waals surface area contributed by atoms with Gasteiger partial charge in [0.05, 0.1) is 11.4 Å². The van der Waals surface area contributed by atoms with Gasteiger partial charge in [0.2, 0.25) is 6.23 Å². The van der Waals surface area contributed by atoms with E-state index in [1.54, 1.807) is 18.2 Å². The Balaban J connectivity index is 0.00000161. The molecule has 1 amide bonds. The summed E-state index contributed by atoms with van der Waals surface area (Å²) in [5.41, 5.74) is 2.62. The Morgan fingerprint density at radius 2 is 1.95 bits per heavy atom. The van der Waals surface area contributed by atoms with Crippen LogP contribution in [0.2, 0.25) is 5.02 Å². The molecular formula is C15H13ClN2O2. The molecule has 0 aliphatic carbocycles. The monoisotopic (exact) mass is 290 g/mol. The quantitative estimate of drug-likeness (QED) is 0.793. The number of nitrogens with zero attached hydrogens (tertiary/aromatic N) is 1. The number of hydrogen-bond donors (Lipinski definition) is 2. The van der Waals surface area contributed by atoms with E-state index in [-0.39, 0.29) is 1.43 Å². The maximum Gasteiger partial charge on any atom is 0.276 e. The third-order valence-corrected chi connectivity index (χ3v) is 3.26. The van der Waals surface area contributed by atoms with Crippen LogP contribution in [0.15, 0.2) is 53.5 Å². The van der Waals surface area contributed by atoms with Crippen LogP contribution < -0.4 is 5.32 Å². The molecule has 0 saturated heterocycles. The third-order valence-electron chi connectivity index (χ3n) is 3.03. The van der Waals surface area contributed by atoms with Gasteiger partial charge in [0.25, 0.3) is 5.91 Å². The van der Waals surface area contributed by atoms with Crippen molar-refractivity contribution in [3.8, 4) is 0 Å². The van der Waals surface area contributed by atoms with E-state index in [4.69, 9.17) is 11.6 Å². The number of anilines is 1. The molecule has 1 aliphatic rings. The van der Waals surface area contributed by atoms with Crippen LogP contribution in [0.3, 0.4) is 0 Å². The summed E-state index contributed by atoms with van der Waals surface area (Å²) in [5, 5.41) is 13.0. The summed E-state index contributed by atoms with van der Waals surface area (Å²) in [6.07, 6.45) is -1.43. The number of halogens is 1. The van der Waals surface area contributed by atoms with Gasteiger partial charge in [0, 0.05) is 17.6 Å². The lowest BCUT2D eigenvalue weighted by Gasteiger charge is -2.10. The van der Waals surface area contributed by atoms with E-state index in [0.29, 0.717) is 22.0 Å². The molecule has 1 aliphatic heterocycles. The van der Waals surface area contributed by atoms with Crippen molar-refractivity contribution in [2.24, 2.45) is 4.99 Å². The summed E-state index contributed by atoms with van der Waals surface area (Å²) in [5.74, 6) is -0.556. The SMILES string of the molecule is O=[13C]1Nc2ccc(Cl)cc2C(c2ccccc2)=N[13CH]1O.[HH]. The zero-order chi connectivity index (χ0) is 14.1. The van der Waals surface area contributed by atoms with E-state index in [1.165, 1.54) is 0 Å². The highest BCUT2D eigenvalue weighted by Gasteiger charge is 2.23. The summed E-state index contributed by atoms with van der Waals surface area (Å²) < 4.78 is 0. The molecule has 0 spiro atoms. The average Bonchev–Trinajstić information content (AvgIpc) is 2.58. The maximum atomic E-state index is 11.7. The van der Waals surface area contributed by atoms with Gasteiger partial charge in [-0.3, -0.25) is 4.79 Å². The average molecular weight is 291 g/mol. The van der Waals surface area contributed by atoms with Gasteiger partial charge in [-0.2, -0.15) is 0 Å². The molecule has 4 nitrogen and oxygen atoms in total. The molecule has 0 aromatic heterocycles. The van der Waals surface area contributed by atoms with E-state index < -0.39 is 12.1 Å². The van der Waals surface area contributed by atoms with Gasteiger partial charge in [0.15, 0.2) is 0 Å². The lowest BCUT2D eigenvalue weighted by molar-refractivity contribution is -0.123. The maximum absolute atomic E-state index is 11.7. The highest BCUT2D eigenvalue weighted by molar-refractivity contribution is 6.32. The summed E-state index contributed by atoms with van der Waals surface area (Å²) in [7, 11) is 0. The summed E-state index contributed by atoms with van der Waals surface area (Å²) in [4.78, 5) is 15.8. The first-order valence-corrected chi connectivity index (χ1v) is 6.45. The van der Waals surface area contributed by atoms with Gasteiger partial charge in [0.1, 0.15) is 0 Å². The molecule has 102 valence electrons. The van der Waals surface area contributed by atoms with E-state index in [0.717, 1.165) is 5.56 Å². The van der Waals surface area contributed by atoms with Crippen molar-refractivity contribution < 1.29 is 11.3 Å². The molecule has 2 N–H and O–H groups in total. The van der Waals surface area contributed by atoms with E-state index >= 15 is 0 Å². The van der Waals surface area contributed by atoms with E-state index in [1.807, 2.05) is 30.3 Å². The first kappa shape index (κ1) is 12.8. The van der Waals surface area contributed by atoms with Gasteiger partial charge in [-0.1, -0.05) is 41.9 Å². The van der Waals surface area contributed by atoms with Crippen LogP contribution in [0, 0.1) is 0 Å². The number of amides is 1. The first-order valence-electron chi connectivity index (χ1n) is 6.07. The highest BCUT2D eigenvalue weighted by atomic mass is 35.5. The summed E-state index contributed by atoms with van der Waals surface area (Å²) >= 11 is 6.03. The summed E-state index contributed by atoms with van der Waals surface area (Å²) in [6, 6.07) is 14.5. The minimum atomic E-state index is -1.43. The molecule has 1 heterocycles. The van der Waals surface area contributed by atoms with E-state index in [9.17, 15) is 9.90 Å². The van der Waals surface area contributed by atoms with Crippen molar-refractivity contribution in [2.45, 2.75) is 6.23 Å². The number of aliphatic imine (C=N–C) groups is 1. The number of benzene rings is 2. The molecule has 1 atom stereocenters. The van der Waals surface area contributed by atoms with Crippen LogP contribution in [-0.2, 0) is 4.79 Å². The standard InChI is InChI=1S/C15H11ClN2O2.H2/c16-10-6-7-12-11(8-10)13(9-4-2-1-3-5-9)18-15(20)14(19)17-12;/h1-8,15,20H,(H,17,19);1H/i14+1,15+1;. The number of carbonyl (C=O) groups is 1. The van der Waals surface area contributed by atoms with Crippen LogP contribution >= 0.6 is 11.6 Å². The van der Waals surface area contributed by atoms with Crippen LogP contribution in [0.4, 0.5) is 5.69 Å². The lowest BCUT2D eigenvalue weighted by atomic mass is 10.0. The number of carbonyl (C=O) groups excluding carboxylic acids is 1. The van der Waals surface area contributed by atoms with Crippen molar-refractivity contribution in [3.63, 3.8) is 0 Å². The molecule has 3 rings (SSSR count). The first-order chi connectivity index (χ1) is 9.65. The topological polar surface area (TPSA) is 61.7 Å². The summed E-state index contributed by atoms with van der Waals surface area (Å²) in [6.45, 7) is 0. The Hall–Kier alpha value is -2.17. The fraction of sp³-hybridized carbons (Fsp3) is 0.0667. The van der Waals surface area contributed by atoms with Crippen LogP contribution in [0.25, 0.3) is 0 Å². The Morgan fingerprint density at radius 1 is 1.20 bits per heavy atom. The van der Waals surface area contributed by atoms with Gasteiger partial charge in [-0.15, -0.1) is 0 Å². The predicted molar refractivity (Wildman–Crippen MR) is 80.3 cm³/mol. The molecule has 20 heavy (non-hydrogen) atoms. The third kappa shape index (κ3) is 2.31. The van der Waals surface area contributed by atoms with Crippen molar-refractivity contribution >= 4 is 28.9 Å².